The average molecular weight is 373 g/mol. The van der Waals surface area contributed by atoms with E-state index in [4.69, 9.17) is 16.7 Å². The summed E-state index contributed by atoms with van der Waals surface area (Å²) in [5.74, 6) is -2.38. The van der Waals surface area contributed by atoms with E-state index in [0.29, 0.717) is 4.47 Å². The fourth-order valence-electron chi connectivity index (χ4n) is 1.68. The molecule has 108 valence electrons. The second-order valence-electron chi connectivity index (χ2n) is 4.05. The smallest absolute Gasteiger partial charge is 0.337 e. The maximum atomic E-state index is 13.0. The van der Waals surface area contributed by atoms with Crippen LogP contribution in [0, 0.1) is 5.82 Å². The summed E-state index contributed by atoms with van der Waals surface area (Å²) in [7, 11) is 0. The van der Waals surface area contributed by atoms with Gasteiger partial charge in [-0.1, -0.05) is 17.7 Å². The molecule has 2 rings (SSSR count). The van der Waals surface area contributed by atoms with Crippen LogP contribution in [0.2, 0.25) is 5.02 Å². The van der Waals surface area contributed by atoms with Gasteiger partial charge in [0.05, 0.1) is 21.8 Å². The van der Waals surface area contributed by atoms with Gasteiger partial charge in [-0.3, -0.25) is 4.79 Å². The molecule has 4 nitrogen and oxygen atoms in total. The largest absolute Gasteiger partial charge is 0.478 e. The van der Waals surface area contributed by atoms with Gasteiger partial charge in [-0.25, -0.2) is 9.18 Å². The summed E-state index contributed by atoms with van der Waals surface area (Å²) >= 11 is 8.98. The van der Waals surface area contributed by atoms with Crippen molar-refractivity contribution in [1.29, 1.82) is 0 Å². The van der Waals surface area contributed by atoms with Gasteiger partial charge in [-0.15, -0.1) is 0 Å². The molecule has 0 heterocycles. The Labute approximate surface area is 132 Å². The van der Waals surface area contributed by atoms with E-state index in [-0.39, 0.29) is 21.8 Å². The number of aromatic carboxylic acids is 1. The molecule has 2 aromatic rings. The van der Waals surface area contributed by atoms with Gasteiger partial charge in [-0.2, -0.15) is 0 Å². The topological polar surface area (TPSA) is 66.4 Å². The summed E-state index contributed by atoms with van der Waals surface area (Å²) in [6.07, 6.45) is 0. The monoisotopic (exact) mass is 371 g/mol. The van der Waals surface area contributed by atoms with Crippen molar-refractivity contribution in [3.8, 4) is 0 Å². The molecular formula is C14H8BrClFNO3. The van der Waals surface area contributed by atoms with E-state index >= 15 is 0 Å². The minimum absolute atomic E-state index is 0.0464. The Hall–Kier alpha value is -1.92. The number of carboxylic acids is 1. The van der Waals surface area contributed by atoms with Crippen molar-refractivity contribution in [2.24, 2.45) is 0 Å². The summed E-state index contributed by atoms with van der Waals surface area (Å²) in [4.78, 5) is 23.3. The van der Waals surface area contributed by atoms with E-state index in [1.165, 1.54) is 18.2 Å². The number of hydrogen-bond acceptors (Lipinski definition) is 2. The van der Waals surface area contributed by atoms with Crippen LogP contribution in [0.1, 0.15) is 20.7 Å². The molecule has 1 amide bonds. The van der Waals surface area contributed by atoms with E-state index in [1.807, 2.05) is 0 Å². The van der Waals surface area contributed by atoms with Crippen LogP contribution in [-0.2, 0) is 0 Å². The second kappa shape index (κ2) is 6.24. The number of amides is 1. The predicted molar refractivity (Wildman–Crippen MR) is 80.5 cm³/mol. The van der Waals surface area contributed by atoms with Crippen LogP contribution >= 0.6 is 27.5 Å². The molecule has 0 aromatic heterocycles. The van der Waals surface area contributed by atoms with Gasteiger partial charge in [0.15, 0.2) is 0 Å². The van der Waals surface area contributed by atoms with Gasteiger partial charge in [0, 0.05) is 4.47 Å². The fourth-order valence-corrected chi connectivity index (χ4v) is 2.40. The number of halogens is 3. The Bertz CT molecular complexity index is 736. The Morgan fingerprint density at radius 2 is 1.90 bits per heavy atom. The molecule has 0 fully saturated rings. The SMILES string of the molecule is O=C(Nc1c(Br)cccc1C(=O)O)c1ccc(F)cc1Cl. The standard InChI is InChI=1S/C14H8BrClFNO3/c15-10-3-1-2-9(14(20)21)12(10)18-13(19)8-5-4-7(17)6-11(8)16/h1-6H,(H,18,19)(H,20,21). The second-order valence-corrected chi connectivity index (χ2v) is 5.31. The molecule has 2 aromatic carbocycles. The molecule has 7 heteroatoms. The maximum absolute atomic E-state index is 13.0. The lowest BCUT2D eigenvalue weighted by Crippen LogP contribution is -2.16. The molecule has 0 radical (unpaired) electrons. The summed E-state index contributed by atoms with van der Waals surface area (Å²) in [6.45, 7) is 0. The van der Waals surface area contributed by atoms with Crippen LogP contribution in [0.4, 0.5) is 10.1 Å². The number of para-hydroxylation sites is 1. The van der Waals surface area contributed by atoms with Gasteiger partial charge in [0.25, 0.3) is 5.91 Å². The van der Waals surface area contributed by atoms with Crippen molar-refractivity contribution in [1.82, 2.24) is 0 Å². The highest BCUT2D eigenvalue weighted by Gasteiger charge is 2.17. The summed E-state index contributed by atoms with van der Waals surface area (Å²) in [5.41, 5.74) is 0.0801. The third-order valence-electron chi connectivity index (χ3n) is 2.66. The Morgan fingerprint density at radius 1 is 1.19 bits per heavy atom. The summed E-state index contributed by atoms with van der Waals surface area (Å²) in [6, 6.07) is 7.81. The Morgan fingerprint density at radius 3 is 2.52 bits per heavy atom. The van der Waals surface area contributed by atoms with Gasteiger partial charge in [0.2, 0.25) is 0 Å². The number of carbonyl (C=O) groups excluding carboxylic acids is 1. The number of anilines is 1. The molecule has 0 spiro atoms. The zero-order chi connectivity index (χ0) is 15.6. The molecule has 0 aliphatic heterocycles. The molecule has 2 N–H and O–H groups in total. The van der Waals surface area contributed by atoms with Gasteiger partial charge >= 0.3 is 5.97 Å². The van der Waals surface area contributed by atoms with E-state index in [9.17, 15) is 14.0 Å². The molecule has 0 saturated carbocycles. The molecule has 0 atom stereocenters. The van der Waals surface area contributed by atoms with Crippen molar-refractivity contribution in [2.75, 3.05) is 5.32 Å². The van der Waals surface area contributed by atoms with Crippen LogP contribution in [0.5, 0.6) is 0 Å². The average Bonchev–Trinajstić information content (AvgIpc) is 2.40. The normalized spacial score (nSPS) is 10.2. The first-order valence-electron chi connectivity index (χ1n) is 5.68. The zero-order valence-corrected chi connectivity index (χ0v) is 12.7. The fraction of sp³-hybridized carbons (Fsp3) is 0. The first-order valence-corrected chi connectivity index (χ1v) is 6.85. The van der Waals surface area contributed by atoms with Gasteiger partial charge in [-0.05, 0) is 46.3 Å². The van der Waals surface area contributed by atoms with Crippen LogP contribution in [0.15, 0.2) is 40.9 Å². The third kappa shape index (κ3) is 3.40. The first kappa shape index (κ1) is 15.5. The highest BCUT2D eigenvalue weighted by atomic mass is 79.9. The van der Waals surface area contributed by atoms with Crippen molar-refractivity contribution in [3.63, 3.8) is 0 Å². The number of benzene rings is 2. The van der Waals surface area contributed by atoms with Gasteiger partial charge in [0.1, 0.15) is 5.82 Å². The summed E-state index contributed by atoms with van der Waals surface area (Å²) < 4.78 is 13.4. The van der Waals surface area contributed by atoms with E-state index in [0.717, 1.165) is 12.1 Å². The minimum atomic E-state index is -1.18. The van der Waals surface area contributed by atoms with Crippen molar-refractivity contribution in [3.05, 3.63) is 62.8 Å². The molecule has 21 heavy (non-hydrogen) atoms. The number of carboxylic acid groups (broad SMARTS) is 1. The van der Waals surface area contributed by atoms with Gasteiger partial charge < -0.3 is 10.4 Å². The lowest BCUT2D eigenvalue weighted by atomic mass is 10.1. The molecule has 0 unspecified atom stereocenters. The molecule has 0 saturated heterocycles. The molecule has 0 aliphatic carbocycles. The Balaban J connectivity index is 2.38. The Kier molecular flexibility index (Phi) is 4.59. The lowest BCUT2D eigenvalue weighted by Gasteiger charge is -2.11. The van der Waals surface area contributed by atoms with Crippen molar-refractivity contribution in [2.45, 2.75) is 0 Å². The zero-order valence-electron chi connectivity index (χ0n) is 10.4. The van der Waals surface area contributed by atoms with Crippen LogP contribution in [0.3, 0.4) is 0 Å². The van der Waals surface area contributed by atoms with Crippen molar-refractivity contribution < 1.29 is 19.1 Å². The number of rotatable bonds is 3. The van der Waals surface area contributed by atoms with E-state index in [1.54, 1.807) is 6.07 Å². The number of hydrogen-bond donors (Lipinski definition) is 2. The highest BCUT2D eigenvalue weighted by Crippen LogP contribution is 2.28. The summed E-state index contributed by atoms with van der Waals surface area (Å²) in [5, 5.41) is 11.5. The quantitative estimate of drug-likeness (QED) is 0.849. The lowest BCUT2D eigenvalue weighted by molar-refractivity contribution is 0.0698. The third-order valence-corrected chi connectivity index (χ3v) is 3.63. The predicted octanol–water partition coefficient (Wildman–Crippen LogP) is 4.19. The highest BCUT2D eigenvalue weighted by molar-refractivity contribution is 9.10. The van der Waals surface area contributed by atoms with Crippen LogP contribution in [0.25, 0.3) is 0 Å². The maximum Gasteiger partial charge on any atom is 0.337 e. The molecular weight excluding hydrogens is 365 g/mol. The van der Waals surface area contributed by atoms with E-state index in [2.05, 4.69) is 21.2 Å². The molecule has 0 aliphatic rings. The molecule has 0 bridgehead atoms. The van der Waals surface area contributed by atoms with E-state index < -0.39 is 17.7 Å². The number of carbonyl (C=O) groups is 2. The van der Waals surface area contributed by atoms with Crippen LogP contribution < -0.4 is 5.32 Å². The first-order chi connectivity index (χ1) is 9.90. The van der Waals surface area contributed by atoms with Crippen LogP contribution in [-0.4, -0.2) is 17.0 Å². The number of nitrogens with one attached hydrogen (secondary N) is 1. The minimum Gasteiger partial charge on any atom is -0.478 e. The van der Waals surface area contributed by atoms with Crippen molar-refractivity contribution >= 4 is 45.1 Å².